The molecule has 0 aromatic rings. The highest BCUT2D eigenvalue weighted by atomic mass is 16.1. The van der Waals surface area contributed by atoms with Gasteiger partial charge in [-0.1, -0.05) is 20.8 Å². The van der Waals surface area contributed by atoms with Crippen LogP contribution < -0.4 is 5.32 Å². The van der Waals surface area contributed by atoms with E-state index < -0.39 is 0 Å². The summed E-state index contributed by atoms with van der Waals surface area (Å²) in [6.07, 6.45) is 1.11. The second-order valence-corrected chi connectivity index (χ2v) is 3.91. The lowest BCUT2D eigenvalue weighted by atomic mass is 9.97. The van der Waals surface area contributed by atoms with Crippen molar-refractivity contribution in [1.29, 1.82) is 0 Å². The maximum Gasteiger partial charge on any atom is 0.152 e. The molecule has 1 unspecified atom stereocenters. The highest BCUT2D eigenvalue weighted by molar-refractivity contribution is 5.86. The Labute approximate surface area is 86.3 Å². The van der Waals surface area contributed by atoms with Crippen molar-refractivity contribution >= 4 is 11.6 Å². The molecule has 0 saturated carbocycles. The van der Waals surface area contributed by atoms with Crippen LogP contribution in [0.1, 0.15) is 40.5 Å². The highest BCUT2D eigenvalue weighted by Gasteiger charge is 2.19. The van der Waals surface area contributed by atoms with Gasteiger partial charge in [0.1, 0.15) is 5.78 Å². The van der Waals surface area contributed by atoms with E-state index in [1.165, 1.54) is 0 Å². The molecule has 0 fully saturated rings. The molecular weight excluding hydrogens is 178 g/mol. The largest absolute Gasteiger partial charge is 0.308 e. The summed E-state index contributed by atoms with van der Waals surface area (Å²) in [6, 6.07) is -0.149. The third kappa shape index (κ3) is 5.12. The van der Waals surface area contributed by atoms with Crippen molar-refractivity contribution in [3.63, 3.8) is 0 Å². The molecule has 0 spiro atoms. The molecule has 0 rings (SSSR count). The van der Waals surface area contributed by atoms with Gasteiger partial charge in [0.25, 0.3) is 0 Å². The number of carbonyl (C=O) groups is 2. The summed E-state index contributed by atoms with van der Waals surface area (Å²) in [5.74, 6) is 0.378. The van der Waals surface area contributed by atoms with Crippen molar-refractivity contribution in [2.24, 2.45) is 5.92 Å². The van der Waals surface area contributed by atoms with E-state index >= 15 is 0 Å². The van der Waals surface area contributed by atoms with E-state index in [0.717, 1.165) is 6.54 Å². The van der Waals surface area contributed by atoms with Gasteiger partial charge in [0, 0.05) is 12.3 Å². The number of hydrogen-bond donors (Lipinski definition) is 1. The van der Waals surface area contributed by atoms with Crippen molar-refractivity contribution in [3.8, 4) is 0 Å². The average Bonchev–Trinajstić information content (AvgIpc) is 2.10. The summed E-state index contributed by atoms with van der Waals surface area (Å²) in [6.45, 7) is 8.07. The summed E-state index contributed by atoms with van der Waals surface area (Å²) in [5.41, 5.74) is 0. The maximum absolute atomic E-state index is 11.7. The molecule has 0 heterocycles. The van der Waals surface area contributed by atoms with E-state index in [4.69, 9.17) is 0 Å². The lowest BCUT2D eigenvalue weighted by Crippen LogP contribution is -2.39. The van der Waals surface area contributed by atoms with Crippen LogP contribution in [0.2, 0.25) is 0 Å². The highest BCUT2D eigenvalue weighted by Crippen LogP contribution is 2.06. The zero-order chi connectivity index (χ0) is 11.1. The molecule has 0 amide bonds. The molecule has 0 aliphatic rings. The summed E-state index contributed by atoms with van der Waals surface area (Å²) < 4.78 is 0. The van der Waals surface area contributed by atoms with Crippen LogP contribution in [0, 0.1) is 5.92 Å². The lowest BCUT2D eigenvalue weighted by molar-refractivity contribution is -0.124. The minimum absolute atomic E-state index is 0.0333. The first-order valence-corrected chi connectivity index (χ1v) is 5.25. The van der Waals surface area contributed by atoms with E-state index in [1.807, 2.05) is 20.8 Å². The predicted octanol–water partition coefficient (Wildman–Crippen LogP) is 1.56. The Morgan fingerprint density at radius 1 is 1.29 bits per heavy atom. The van der Waals surface area contributed by atoms with Crippen LogP contribution in [-0.4, -0.2) is 24.2 Å². The number of rotatable bonds is 7. The van der Waals surface area contributed by atoms with Crippen LogP contribution >= 0.6 is 0 Å². The van der Waals surface area contributed by atoms with Gasteiger partial charge in [-0.15, -0.1) is 0 Å². The molecule has 0 bridgehead atoms. The molecule has 3 heteroatoms. The quantitative estimate of drug-likeness (QED) is 0.677. The first-order chi connectivity index (χ1) is 6.49. The number of nitrogens with one attached hydrogen (secondary N) is 1. The van der Waals surface area contributed by atoms with E-state index in [2.05, 4.69) is 5.32 Å². The Kier molecular flexibility index (Phi) is 6.37. The minimum Gasteiger partial charge on any atom is -0.308 e. The van der Waals surface area contributed by atoms with Gasteiger partial charge in [0.05, 0.1) is 6.04 Å². The van der Waals surface area contributed by atoms with Crippen LogP contribution in [0.4, 0.5) is 0 Å². The van der Waals surface area contributed by atoms with Gasteiger partial charge in [-0.2, -0.15) is 0 Å². The fourth-order valence-electron chi connectivity index (χ4n) is 1.34. The van der Waals surface area contributed by atoms with Crippen LogP contribution in [0.5, 0.6) is 0 Å². The molecule has 0 aliphatic heterocycles. The smallest absolute Gasteiger partial charge is 0.152 e. The van der Waals surface area contributed by atoms with Crippen molar-refractivity contribution in [3.05, 3.63) is 0 Å². The van der Waals surface area contributed by atoms with Crippen LogP contribution in [0.25, 0.3) is 0 Å². The first-order valence-electron chi connectivity index (χ1n) is 5.25. The Bertz CT molecular complexity index is 199. The van der Waals surface area contributed by atoms with Crippen LogP contribution in [0.3, 0.4) is 0 Å². The third-order valence-electron chi connectivity index (χ3n) is 2.15. The zero-order valence-corrected chi connectivity index (χ0v) is 9.59. The molecule has 0 saturated heterocycles. The Hall–Kier alpha value is -0.700. The van der Waals surface area contributed by atoms with Crippen molar-refractivity contribution in [1.82, 2.24) is 5.32 Å². The zero-order valence-electron chi connectivity index (χ0n) is 9.59. The molecule has 1 atom stereocenters. The first kappa shape index (κ1) is 13.3. The van der Waals surface area contributed by atoms with Crippen LogP contribution in [-0.2, 0) is 9.59 Å². The molecule has 82 valence electrons. The fourth-order valence-corrected chi connectivity index (χ4v) is 1.34. The number of Topliss-reactive ketones (excluding diaryl/α,β-unsaturated/α-hetero) is 2. The maximum atomic E-state index is 11.7. The summed E-state index contributed by atoms with van der Waals surface area (Å²) in [7, 11) is 0. The number of carbonyl (C=O) groups excluding carboxylic acids is 2. The topological polar surface area (TPSA) is 46.2 Å². The normalized spacial score (nSPS) is 12.9. The lowest BCUT2D eigenvalue weighted by Gasteiger charge is -2.17. The number of hydrogen-bond acceptors (Lipinski definition) is 3. The number of likely N-dealkylation sites (N-methyl/N-ethyl adjacent to an activating group) is 1. The molecule has 3 nitrogen and oxygen atoms in total. The summed E-state index contributed by atoms with van der Waals surface area (Å²) in [4.78, 5) is 22.5. The predicted molar refractivity (Wildman–Crippen MR) is 57.2 cm³/mol. The molecular formula is C11H21NO2. The SMILES string of the molecule is CCNC(CCC(C)=O)C(=O)C(C)C. The van der Waals surface area contributed by atoms with Crippen LogP contribution in [0.15, 0.2) is 0 Å². The van der Waals surface area contributed by atoms with Gasteiger partial charge in [0.15, 0.2) is 5.78 Å². The molecule has 0 radical (unpaired) electrons. The van der Waals surface area contributed by atoms with Gasteiger partial charge in [-0.05, 0) is 19.9 Å². The second-order valence-electron chi connectivity index (χ2n) is 3.91. The molecule has 14 heavy (non-hydrogen) atoms. The van der Waals surface area contributed by atoms with Gasteiger partial charge in [-0.3, -0.25) is 4.79 Å². The fraction of sp³-hybridized carbons (Fsp3) is 0.818. The van der Waals surface area contributed by atoms with E-state index in [-0.39, 0.29) is 23.5 Å². The Balaban J connectivity index is 4.14. The summed E-state index contributed by atoms with van der Waals surface area (Å²) in [5, 5.41) is 3.12. The second kappa shape index (κ2) is 6.71. The molecule has 0 aliphatic carbocycles. The molecule has 1 N–H and O–H groups in total. The van der Waals surface area contributed by atoms with Crippen molar-refractivity contribution in [2.45, 2.75) is 46.6 Å². The van der Waals surface area contributed by atoms with E-state index in [1.54, 1.807) is 6.92 Å². The van der Waals surface area contributed by atoms with Gasteiger partial charge in [0.2, 0.25) is 0 Å². The third-order valence-corrected chi connectivity index (χ3v) is 2.15. The van der Waals surface area contributed by atoms with E-state index in [0.29, 0.717) is 12.8 Å². The Morgan fingerprint density at radius 3 is 2.21 bits per heavy atom. The Morgan fingerprint density at radius 2 is 1.86 bits per heavy atom. The molecule has 0 aromatic carbocycles. The minimum atomic E-state index is -0.149. The van der Waals surface area contributed by atoms with Gasteiger partial charge in [-0.25, -0.2) is 0 Å². The monoisotopic (exact) mass is 199 g/mol. The standard InChI is InChI=1S/C11H21NO2/c1-5-12-10(7-6-9(4)13)11(14)8(2)3/h8,10,12H,5-7H2,1-4H3. The van der Waals surface area contributed by atoms with Crippen molar-refractivity contribution < 1.29 is 9.59 Å². The van der Waals surface area contributed by atoms with Crippen molar-refractivity contribution in [2.75, 3.05) is 6.54 Å². The van der Waals surface area contributed by atoms with Gasteiger partial charge < -0.3 is 10.1 Å². The summed E-state index contributed by atoms with van der Waals surface area (Å²) >= 11 is 0. The van der Waals surface area contributed by atoms with Gasteiger partial charge >= 0.3 is 0 Å². The number of ketones is 2. The molecule has 0 aromatic heterocycles. The van der Waals surface area contributed by atoms with E-state index in [9.17, 15) is 9.59 Å². The average molecular weight is 199 g/mol.